The maximum Gasteiger partial charge on any atom is 0.378 e. The maximum atomic E-state index is 12.4. The number of nitrogens with two attached hydrogens (primary N) is 1. The van der Waals surface area contributed by atoms with E-state index in [1.165, 1.54) is 12.3 Å². The third kappa shape index (κ3) is 4.12. The number of hydrogen-bond donors (Lipinski definition) is 1. The minimum Gasteiger partial charge on any atom is -0.440 e. The summed E-state index contributed by atoms with van der Waals surface area (Å²) in [5, 5.41) is 3.52. The van der Waals surface area contributed by atoms with Gasteiger partial charge >= 0.3 is 5.97 Å². The normalized spacial score (nSPS) is 22.1. The number of carbonyl (C=O) groups is 2. The molecule has 1 fully saturated rings. The van der Waals surface area contributed by atoms with Crippen molar-refractivity contribution in [2.75, 3.05) is 0 Å². The van der Waals surface area contributed by atoms with Crippen molar-refractivity contribution in [2.24, 2.45) is 11.7 Å². The molecule has 0 bridgehead atoms. The molecule has 0 radical (unpaired) electrons. The van der Waals surface area contributed by atoms with Crippen LogP contribution in [0.1, 0.15) is 47.4 Å². The molecule has 0 spiro atoms. The molecule has 6 heteroatoms. The molecule has 1 aliphatic carbocycles. The summed E-state index contributed by atoms with van der Waals surface area (Å²) in [6, 6.07) is 9.17. The van der Waals surface area contributed by atoms with Gasteiger partial charge in [-0.3, -0.25) is 4.79 Å². The smallest absolute Gasteiger partial charge is 0.378 e. The summed E-state index contributed by atoms with van der Waals surface area (Å²) < 4.78 is 10.6. The molecule has 1 aromatic carbocycles. The molecular formula is C20H20N2O4. The maximum absolute atomic E-state index is 12.4. The SMILES string of the molecule is Cc1cccc(C#C[C@]2(OC(=O)c3ccno3)CCC[C@H](C(N)=O)C2)c1. The van der Waals surface area contributed by atoms with E-state index in [-0.39, 0.29) is 18.1 Å². The minimum atomic E-state index is -1.08. The fourth-order valence-electron chi connectivity index (χ4n) is 3.17. The van der Waals surface area contributed by atoms with Crippen LogP contribution in [0.4, 0.5) is 0 Å². The quantitative estimate of drug-likeness (QED) is 0.677. The van der Waals surface area contributed by atoms with Gasteiger partial charge in [-0.25, -0.2) is 4.79 Å². The first-order valence-corrected chi connectivity index (χ1v) is 8.51. The number of nitrogens with zero attached hydrogens (tertiary/aromatic N) is 1. The second kappa shape index (κ2) is 7.44. The van der Waals surface area contributed by atoms with Crippen LogP contribution < -0.4 is 5.73 Å². The largest absolute Gasteiger partial charge is 0.440 e. The number of esters is 1. The Morgan fingerprint density at radius 1 is 1.38 bits per heavy atom. The third-order valence-corrected chi connectivity index (χ3v) is 4.49. The number of aromatic nitrogens is 1. The van der Waals surface area contributed by atoms with Gasteiger partial charge in [-0.1, -0.05) is 23.2 Å². The zero-order chi connectivity index (χ0) is 18.6. The van der Waals surface area contributed by atoms with Gasteiger partial charge in [0, 0.05) is 24.0 Å². The molecule has 2 aromatic rings. The highest BCUT2D eigenvalue weighted by Crippen LogP contribution is 2.35. The van der Waals surface area contributed by atoms with E-state index in [1.807, 2.05) is 31.2 Å². The van der Waals surface area contributed by atoms with E-state index < -0.39 is 17.5 Å². The molecule has 26 heavy (non-hydrogen) atoms. The van der Waals surface area contributed by atoms with Gasteiger partial charge in [-0.2, -0.15) is 0 Å². The van der Waals surface area contributed by atoms with Gasteiger partial charge < -0.3 is 15.0 Å². The number of carbonyl (C=O) groups excluding carboxylic acids is 2. The summed E-state index contributed by atoms with van der Waals surface area (Å²) >= 11 is 0. The Hall–Kier alpha value is -3.07. The Morgan fingerprint density at radius 3 is 2.92 bits per heavy atom. The second-order valence-electron chi connectivity index (χ2n) is 6.58. The molecule has 6 nitrogen and oxygen atoms in total. The Balaban J connectivity index is 1.91. The van der Waals surface area contributed by atoms with Crippen LogP contribution in [-0.4, -0.2) is 22.6 Å². The monoisotopic (exact) mass is 352 g/mol. The second-order valence-corrected chi connectivity index (χ2v) is 6.58. The lowest BCUT2D eigenvalue weighted by molar-refractivity contribution is -0.125. The summed E-state index contributed by atoms with van der Waals surface area (Å²) in [5.41, 5.74) is 6.31. The van der Waals surface area contributed by atoms with E-state index in [1.54, 1.807) is 0 Å². The molecule has 1 aromatic heterocycles. The number of benzene rings is 1. The molecular weight excluding hydrogens is 332 g/mol. The van der Waals surface area contributed by atoms with Crippen LogP contribution in [0, 0.1) is 24.7 Å². The summed E-state index contributed by atoms with van der Waals surface area (Å²) in [4.78, 5) is 24.1. The topological polar surface area (TPSA) is 95.4 Å². The van der Waals surface area contributed by atoms with Gasteiger partial charge in [-0.15, -0.1) is 0 Å². The van der Waals surface area contributed by atoms with Gasteiger partial charge in [0.25, 0.3) is 0 Å². The average molecular weight is 352 g/mol. The van der Waals surface area contributed by atoms with Crippen LogP contribution in [-0.2, 0) is 9.53 Å². The van der Waals surface area contributed by atoms with Gasteiger partial charge in [0.2, 0.25) is 11.7 Å². The number of aryl methyl sites for hydroxylation is 1. The standard InChI is InChI=1S/C20H20N2O4/c1-14-4-2-5-15(12-14)7-10-20(9-3-6-16(13-20)18(21)23)25-19(24)17-8-11-22-26-17/h2,4-5,8,11-12,16H,3,6,9,13H2,1H3,(H2,21,23)/t16-,20+/m0/s1. The van der Waals surface area contributed by atoms with Gasteiger partial charge in [-0.05, 0) is 49.8 Å². The lowest BCUT2D eigenvalue weighted by atomic mass is 9.77. The van der Waals surface area contributed by atoms with E-state index in [4.69, 9.17) is 15.0 Å². The van der Waals surface area contributed by atoms with Crippen LogP contribution >= 0.6 is 0 Å². The van der Waals surface area contributed by atoms with Crippen molar-refractivity contribution in [3.63, 3.8) is 0 Å². The van der Waals surface area contributed by atoms with E-state index in [2.05, 4.69) is 17.0 Å². The van der Waals surface area contributed by atoms with Gasteiger partial charge in [0.05, 0.1) is 6.20 Å². The molecule has 134 valence electrons. The number of primary amides is 1. The zero-order valence-corrected chi connectivity index (χ0v) is 14.5. The Kier molecular flexibility index (Phi) is 5.08. The molecule has 2 atom stereocenters. The van der Waals surface area contributed by atoms with Crippen LogP contribution in [0.25, 0.3) is 0 Å². The predicted molar refractivity (Wildman–Crippen MR) is 93.9 cm³/mol. The average Bonchev–Trinajstić information content (AvgIpc) is 3.15. The fraction of sp³-hybridized carbons (Fsp3) is 0.350. The van der Waals surface area contributed by atoms with E-state index in [9.17, 15) is 9.59 Å². The number of amides is 1. The highest BCUT2D eigenvalue weighted by Gasteiger charge is 2.41. The molecule has 2 N–H and O–H groups in total. The number of rotatable bonds is 3. The number of hydrogen-bond acceptors (Lipinski definition) is 5. The molecule has 0 saturated heterocycles. The fourth-order valence-corrected chi connectivity index (χ4v) is 3.17. The highest BCUT2D eigenvalue weighted by molar-refractivity contribution is 5.86. The van der Waals surface area contributed by atoms with E-state index >= 15 is 0 Å². The highest BCUT2D eigenvalue weighted by atomic mass is 16.6. The van der Waals surface area contributed by atoms with Crippen LogP contribution in [0.2, 0.25) is 0 Å². The van der Waals surface area contributed by atoms with Crippen molar-refractivity contribution in [3.8, 4) is 11.8 Å². The minimum absolute atomic E-state index is 0.00271. The lowest BCUT2D eigenvalue weighted by Crippen LogP contribution is -2.42. The molecule has 1 aliphatic rings. The van der Waals surface area contributed by atoms with Crippen LogP contribution in [0.15, 0.2) is 41.1 Å². The van der Waals surface area contributed by atoms with Crippen molar-refractivity contribution in [1.29, 1.82) is 0 Å². The molecule has 1 saturated carbocycles. The molecule has 1 amide bonds. The van der Waals surface area contributed by atoms with Gasteiger partial charge in [0.15, 0.2) is 5.60 Å². The van der Waals surface area contributed by atoms with Gasteiger partial charge in [0.1, 0.15) is 0 Å². The van der Waals surface area contributed by atoms with E-state index in [0.29, 0.717) is 19.3 Å². The lowest BCUT2D eigenvalue weighted by Gasteiger charge is -2.35. The Labute approximate surface area is 151 Å². The Morgan fingerprint density at radius 2 is 2.23 bits per heavy atom. The predicted octanol–water partition coefficient (Wildman–Crippen LogP) is 2.61. The van der Waals surface area contributed by atoms with Crippen molar-refractivity contribution < 1.29 is 18.8 Å². The van der Waals surface area contributed by atoms with Crippen LogP contribution in [0.3, 0.4) is 0 Å². The first kappa shape index (κ1) is 17.7. The first-order valence-electron chi connectivity index (χ1n) is 8.51. The zero-order valence-electron chi connectivity index (χ0n) is 14.5. The third-order valence-electron chi connectivity index (χ3n) is 4.49. The molecule has 0 aliphatic heterocycles. The molecule has 1 heterocycles. The van der Waals surface area contributed by atoms with E-state index in [0.717, 1.165) is 11.1 Å². The summed E-state index contributed by atoms with van der Waals surface area (Å²) in [7, 11) is 0. The van der Waals surface area contributed by atoms with Crippen molar-refractivity contribution >= 4 is 11.9 Å². The summed E-state index contributed by atoms with van der Waals surface area (Å²) in [5.74, 6) is 4.75. The number of ether oxygens (including phenoxy) is 1. The van der Waals surface area contributed by atoms with Crippen molar-refractivity contribution in [2.45, 2.75) is 38.2 Å². The van der Waals surface area contributed by atoms with Crippen molar-refractivity contribution in [1.82, 2.24) is 5.16 Å². The molecule has 0 unspecified atom stereocenters. The first-order chi connectivity index (χ1) is 12.5. The van der Waals surface area contributed by atoms with Crippen LogP contribution in [0.5, 0.6) is 0 Å². The summed E-state index contributed by atoms with van der Waals surface area (Å²) in [6.45, 7) is 1.98. The Bertz CT molecular complexity index is 863. The summed E-state index contributed by atoms with van der Waals surface area (Å²) in [6.07, 6.45) is 3.55. The van der Waals surface area contributed by atoms with Crippen molar-refractivity contribution in [3.05, 3.63) is 53.4 Å². The molecule has 3 rings (SSSR count).